The Hall–Kier alpha value is -3.12. The number of rotatable bonds is 6. The molecule has 174 valence electrons. The zero-order valence-electron chi connectivity index (χ0n) is 19.9. The van der Waals surface area contributed by atoms with Crippen LogP contribution in [0.15, 0.2) is 60.5 Å². The van der Waals surface area contributed by atoms with Crippen molar-refractivity contribution in [3.63, 3.8) is 0 Å². The normalized spacial score (nSPS) is 22.9. The van der Waals surface area contributed by atoms with Gasteiger partial charge in [0.2, 0.25) is 0 Å². The molecule has 1 fully saturated rings. The summed E-state index contributed by atoms with van der Waals surface area (Å²) < 4.78 is 10.6. The smallest absolute Gasteiger partial charge is 0.337 e. The molecular weight excluding hydrogens is 414 g/mol. The van der Waals surface area contributed by atoms with Gasteiger partial charge in [-0.3, -0.25) is 9.88 Å². The van der Waals surface area contributed by atoms with E-state index >= 15 is 0 Å². The Morgan fingerprint density at radius 1 is 1.21 bits per heavy atom. The van der Waals surface area contributed by atoms with Gasteiger partial charge in [-0.2, -0.15) is 0 Å². The maximum Gasteiger partial charge on any atom is 0.337 e. The molecule has 1 aromatic carbocycles. The third kappa shape index (κ3) is 4.81. The lowest BCUT2D eigenvalue weighted by Crippen LogP contribution is -2.53. The number of aryl methyl sites for hydroxylation is 1. The van der Waals surface area contributed by atoms with Gasteiger partial charge in [-0.05, 0) is 74.7 Å². The van der Waals surface area contributed by atoms with Gasteiger partial charge in [0.05, 0.1) is 37.6 Å². The molecule has 4 rings (SSSR count). The molecule has 2 aliphatic heterocycles. The van der Waals surface area contributed by atoms with Crippen molar-refractivity contribution in [1.29, 1.82) is 0 Å². The molecule has 33 heavy (non-hydrogen) atoms. The van der Waals surface area contributed by atoms with Crippen molar-refractivity contribution in [1.82, 2.24) is 15.2 Å². The van der Waals surface area contributed by atoms with E-state index in [1.54, 1.807) is 13.2 Å². The summed E-state index contributed by atoms with van der Waals surface area (Å²) >= 11 is 0. The van der Waals surface area contributed by atoms with E-state index in [0.717, 1.165) is 30.5 Å². The van der Waals surface area contributed by atoms with Crippen LogP contribution >= 0.6 is 0 Å². The van der Waals surface area contributed by atoms with Crippen molar-refractivity contribution in [2.45, 2.75) is 57.8 Å². The van der Waals surface area contributed by atoms with Gasteiger partial charge in [0.1, 0.15) is 5.75 Å². The first-order chi connectivity index (χ1) is 16.0. The number of hydrogen-bond donors (Lipinski definition) is 1. The molecule has 0 bridgehead atoms. The number of ether oxygens (including phenoxy) is 2. The van der Waals surface area contributed by atoms with Gasteiger partial charge < -0.3 is 14.8 Å². The minimum Gasteiger partial charge on any atom is -0.496 e. The average Bonchev–Trinajstić information content (AvgIpc) is 2.85. The first-order valence-electron chi connectivity index (χ1n) is 11.6. The molecular formula is C27H33N3O3. The van der Waals surface area contributed by atoms with Crippen LogP contribution in [-0.2, 0) is 11.3 Å². The summed E-state index contributed by atoms with van der Waals surface area (Å²) in [5.41, 5.74) is 5.22. The van der Waals surface area contributed by atoms with Gasteiger partial charge in [-0.15, -0.1) is 0 Å². The average molecular weight is 448 g/mol. The van der Waals surface area contributed by atoms with E-state index in [1.165, 1.54) is 18.2 Å². The highest BCUT2D eigenvalue weighted by molar-refractivity contribution is 5.89. The van der Waals surface area contributed by atoms with Crippen molar-refractivity contribution in [2.75, 3.05) is 14.2 Å². The summed E-state index contributed by atoms with van der Waals surface area (Å²) in [6, 6.07) is 10.5. The summed E-state index contributed by atoms with van der Waals surface area (Å²) in [7, 11) is 3.04. The Bertz CT molecular complexity index is 1060. The molecule has 6 nitrogen and oxygen atoms in total. The first kappa shape index (κ1) is 23.1. The van der Waals surface area contributed by atoms with Crippen LogP contribution in [0.4, 0.5) is 0 Å². The minimum absolute atomic E-state index is 0.204. The van der Waals surface area contributed by atoms with Crippen LogP contribution in [0, 0.1) is 6.92 Å². The number of nitrogens with one attached hydrogen (secondary N) is 1. The number of carbonyl (C=O) groups is 1. The fraction of sp³-hybridized carbons (Fsp3) is 0.407. The zero-order chi connectivity index (χ0) is 23.4. The summed E-state index contributed by atoms with van der Waals surface area (Å²) in [6.45, 7) is 5.04. The molecule has 0 radical (unpaired) electrons. The maximum absolute atomic E-state index is 12.0. The SMILES string of the molecule is COC(=O)c1ccc(CN2C(c3ncccc3C)CCCC2C2NC=CC=C2C)c(OC)c1. The Balaban J connectivity index is 1.73. The van der Waals surface area contributed by atoms with E-state index in [1.807, 2.05) is 30.6 Å². The van der Waals surface area contributed by atoms with E-state index in [2.05, 4.69) is 42.3 Å². The number of aromatic nitrogens is 1. The third-order valence-electron chi connectivity index (χ3n) is 6.84. The van der Waals surface area contributed by atoms with Gasteiger partial charge in [0.15, 0.2) is 0 Å². The summed E-state index contributed by atoms with van der Waals surface area (Å²) in [4.78, 5) is 19.4. The Morgan fingerprint density at radius 3 is 2.79 bits per heavy atom. The second-order valence-electron chi connectivity index (χ2n) is 8.82. The van der Waals surface area contributed by atoms with Crippen LogP contribution in [0.1, 0.15) is 59.4 Å². The number of carbonyl (C=O) groups excluding carboxylic acids is 1. The van der Waals surface area contributed by atoms with Gasteiger partial charge >= 0.3 is 5.97 Å². The molecule has 0 saturated carbocycles. The largest absolute Gasteiger partial charge is 0.496 e. The number of pyridine rings is 1. The number of hydrogen-bond acceptors (Lipinski definition) is 6. The Morgan fingerprint density at radius 2 is 2.06 bits per heavy atom. The van der Waals surface area contributed by atoms with Gasteiger partial charge in [-0.1, -0.05) is 18.2 Å². The molecule has 1 aromatic heterocycles. The minimum atomic E-state index is -0.364. The highest BCUT2D eigenvalue weighted by Crippen LogP contribution is 2.39. The number of likely N-dealkylation sites (tertiary alicyclic amines) is 1. The van der Waals surface area contributed by atoms with E-state index in [9.17, 15) is 4.79 Å². The van der Waals surface area contributed by atoms with E-state index in [-0.39, 0.29) is 18.1 Å². The molecule has 1 saturated heterocycles. The van der Waals surface area contributed by atoms with E-state index < -0.39 is 0 Å². The molecule has 3 atom stereocenters. The molecule has 2 aliphatic rings. The number of benzene rings is 1. The number of methoxy groups -OCH3 is 2. The topological polar surface area (TPSA) is 63.7 Å². The van der Waals surface area contributed by atoms with E-state index in [4.69, 9.17) is 14.5 Å². The van der Waals surface area contributed by atoms with Crippen molar-refractivity contribution in [3.8, 4) is 5.75 Å². The van der Waals surface area contributed by atoms with E-state index in [0.29, 0.717) is 23.9 Å². The molecule has 0 amide bonds. The molecule has 0 aliphatic carbocycles. The van der Waals surface area contributed by atoms with Crippen molar-refractivity contribution in [3.05, 3.63) is 82.8 Å². The second kappa shape index (κ2) is 10.2. The van der Waals surface area contributed by atoms with Crippen LogP contribution in [0.2, 0.25) is 0 Å². The lowest BCUT2D eigenvalue weighted by Gasteiger charge is -2.46. The number of piperidine rings is 1. The lowest BCUT2D eigenvalue weighted by molar-refractivity contribution is 0.0562. The van der Waals surface area contributed by atoms with Crippen LogP contribution in [-0.4, -0.2) is 42.2 Å². The molecule has 3 heterocycles. The molecule has 1 N–H and O–H groups in total. The number of nitrogens with zero attached hydrogens (tertiary/aromatic N) is 2. The third-order valence-corrected chi connectivity index (χ3v) is 6.84. The molecule has 0 spiro atoms. The van der Waals surface area contributed by atoms with Crippen LogP contribution in [0.5, 0.6) is 5.75 Å². The van der Waals surface area contributed by atoms with Crippen LogP contribution in [0.25, 0.3) is 0 Å². The summed E-state index contributed by atoms with van der Waals surface area (Å²) in [5, 5.41) is 3.60. The quantitative estimate of drug-likeness (QED) is 0.647. The lowest BCUT2D eigenvalue weighted by atomic mass is 9.85. The van der Waals surface area contributed by atoms with Crippen LogP contribution in [0.3, 0.4) is 0 Å². The fourth-order valence-electron chi connectivity index (χ4n) is 5.13. The van der Waals surface area contributed by atoms with Crippen molar-refractivity contribution >= 4 is 5.97 Å². The monoisotopic (exact) mass is 447 g/mol. The molecule has 3 unspecified atom stereocenters. The number of esters is 1. The Labute approximate surface area is 196 Å². The van der Waals surface area contributed by atoms with Crippen molar-refractivity contribution in [2.24, 2.45) is 0 Å². The predicted octanol–water partition coefficient (Wildman–Crippen LogP) is 4.71. The summed E-state index contributed by atoms with van der Waals surface area (Å²) in [6.07, 6.45) is 11.5. The highest BCUT2D eigenvalue weighted by Gasteiger charge is 2.38. The van der Waals surface area contributed by atoms with Crippen LogP contribution < -0.4 is 10.1 Å². The number of dihydropyridines is 1. The number of allylic oxidation sites excluding steroid dienone is 2. The van der Waals surface area contributed by atoms with Gasteiger partial charge in [-0.25, -0.2) is 4.79 Å². The predicted molar refractivity (Wildman–Crippen MR) is 129 cm³/mol. The van der Waals surface area contributed by atoms with Gasteiger partial charge in [0, 0.05) is 24.3 Å². The zero-order valence-corrected chi connectivity index (χ0v) is 19.9. The molecule has 2 aromatic rings. The first-order valence-corrected chi connectivity index (χ1v) is 11.6. The highest BCUT2D eigenvalue weighted by atomic mass is 16.5. The standard InChI is InChI=1S/C27H33N3O3/c1-18-8-6-14-28-25(18)22-10-5-11-23(26-19(2)9-7-15-29-26)30(22)17-21-13-12-20(27(31)33-4)16-24(21)32-3/h6-9,12-16,22-23,25,28H,5,10-11,17H2,1-4H3. The Kier molecular flexibility index (Phi) is 7.14. The van der Waals surface area contributed by atoms with Gasteiger partial charge in [0.25, 0.3) is 0 Å². The second-order valence-corrected chi connectivity index (χ2v) is 8.82. The van der Waals surface area contributed by atoms with Crippen molar-refractivity contribution < 1.29 is 14.3 Å². The molecule has 6 heteroatoms. The fourth-order valence-corrected chi connectivity index (χ4v) is 5.13. The maximum atomic E-state index is 12.0. The summed E-state index contributed by atoms with van der Waals surface area (Å²) in [5.74, 6) is 0.333.